The van der Waals surface area contributed by atoms with Crippen molar-refractivity contribution in [2.45, 2.75) is 45.2 Å². The molecule has 4 rings (SSSR count). The number of esters is 1. The number of ether oxygens (including phenoxy) is 2. The van der Waals surface area contributed by atoms with Crippen LogP contribution < -0.4 is 0 Å². The zero-order chi connectivity index (χ0) is 23.6. The van der Waals surface area contributed by atoms with E-state index in [9.17, 15) is 13.2 Å². The van der Waals surface area contributed by atoms with Gasteiger partial charge in [-0.3, -0.25) is 0 Å². The molecule has 0 bridgehead atoms. The predicted octanol–water partition coefficient (Wildman–Crippen LogP) is 3.44. The van der Waals surface area contributed by atoms with Crippen LogP contribution in [0.15, 0.2) is 41.3 Å². The molecule has 3 aromatic rings. The van der Waals surface area contributed by atoms with Gasteiger partial charge in [-0.2, -0.15) is 4.31 Å². The second-order valence-electron chi connectivity index (χ2n) is 8.22. The summed E-state index contributed by atoms with van der Waals surface area (Å²) >= 11 is 0. The van der Waals surface area contributed by atoms with Crippen molar-refractivity contribution in [2.75, 3.05) is 26.3 Å². The molecule has 0 saturated carbocycles. The summed E-state index contributed by atoms with van der Waals surface area (Å²) in [6.45, 7) is 8.14. The van der Waals surface area contributed by atoms with Crippen molar-refractivity contribution >= 4 is 27.0 Å². The Bertz CT molecular complexity index is 1280. The maximum Gasteiger partial charge on any atom is 0.338 e. The van der Waals surface area contributed by atoms with E-state index in [1.807, 2.05) is 37.5 Å². The minimum atomic E-state index is -3.62. The van der Waals surface area contributed by atoms with Gasteiger partial charge in [-0.15, -0.1) is 0 Å². The molecule has 0 spiro atoms. The van der Waals surface area contributed by atoms with Gasteiger partial charge in [0.05, 0.1) is 34.7 Å². The van der Waals surface area contributed by atoms with Crippen molar-refractivity contribution in [1.29, 1.82) is 0 Å². The van der Waals surface area contributed by atoms with Gasteiger partial charge in [0.1, 0.15) is 12.4 Å². The lowest BCUT2D eigenvalue weighted by Crippen LogP contribution is -2.40. The zero-order valence-electron chi connectivity index (χ0n) is 19.2. The van der Waals surface area contributed by atoms with Gasteiger partial charge in [0.2, 0.25) is 10.0 Å². The summed E-state index contributed by atoms with van der Waals surface area (Å²) in [6.07, 6.45) is 0.859. The fourth-order valence-corrected chi connectivity index (χ4v) is 5.35. The Kier molecular flexibility index (Phi) is 6.83. The molecule has 2 heterocycles. The molecule has 9 heteroatoms. The summed E-state index contributed by atoms with van der Waals surface area (Å²) in [6, 6.07) is 10.5. The van der Waals surface area contributed by atoms with Crippen LogP contribution in [0.1, 0.15) is 40.7 Å². The minimum absolute atomic E-state index is 0.00594. The largest absolute Gasteiger partial charge is 0.454 e. The number of carbonyl (C=O) groups is 1. The fourth-order valence-electron chi connectivity index (χ4n) is 3.92. The second-order valence-corrected chi connectivity index (χ2v) is 10.2. The summed E-state index contributed by atoms with van der Waals surface area (Å²) in [5.74, 6) is 0.175. The van der Waals surface area contributed by atoms with Crippen LogP contribution >= 0.6 is 0 Å². The molecule has 176 valence electrons. The highest BCUT2D eigenvalue weighted by Crippen LogP contribution is 2.24. The first kappa shape index (κ1) is 23.4. The van der Waals surface area contributed by atoms with Gasteiger partial charge in [-0.05, 0) is 61.7 Å². The average Bonchev–Trinajstić information content (AvgIpc) is 3.16. The Hall–Kier alpha value is -2.75. The normalized spacial score (nSPS) is 15.1. The smallest absolute Gasteiger partial charge is 0.338 e. The summed E-state index contributed by atoms with van der Waals surface area (Å²) in [5.41, 5.74) is 4.01. The third-order valence-corrected chi connectivity index (χ3v) is 7.82. The maximum atomic E-state index is 13.0. The van der Waals surface area contributed by atoms with E-state index in [1.54, 1.807) is 24.3 Å². The van der Waals surface area contributed by atoms with Crippen molar-refractivity contribution in [3.8, 4) is 0 Å². The van der Waals surface area contributed by atoms with Gasteiger partial charge in [0, 0.05) is 19.6 Å². The molecule has 1 saturated heterocycles. The Morgan fingerprint density at radius 2 is 1.85 bits per heavy atom. The first-order valence-electron chi connectivity index (χ1n) is 11.1. The number of benzene rings is 2. The van der Waals surface area contributed by atoms with E-state index in [4.69, 9.17) is 9.47 Å². The number of nitrogens with zero attached hydrogens (tertiary/aromatic N) is 3. The number of hydrogen-bond donors (Lipinski definition) is 0. The monoisotopic (exact) mass is 471 g/mol. The third-order valence-electron chi connectivity index (χ3n) is 5.93. The predicted molar refractivity (Wildman–Crippen MR) is 125 cm³/mol. The molecule has 0 atom stereocenters. The van der Waals surface area contributed by atoms with Crippen molar-refractivity contribution < 1.29 is 22.7 Å². The van der Waals surface area contributed by atoms with Crippen LogP contribution in [-0.2, 0) is 32.6 Å². The lowest BCUT2D eigenvalue weighted by atomic mass is 10.1. The van der Waals surface area contributed by atoms with Gasteiger partial charge in [0.15, 0.2) is 0 Å². The number of morpholine rings is 1. The molecule has 1 aromatic heterocycles. The SMILES string of the molecule is CCCn1c(COC(=O)c2ccc(C)c(C)c2)nc2cc(S(=O)(=O)N3CCOCC3)ccc21. The van der Waals surface area contributed by atoms with E-state index in [0.717, 1.165) is 23.1 Å². The third kappa shape index (κ3) is 4.80. The first-order chi connectivity index (χ1) is 15.8. The van der Waals surface area contributed by atoms with Crippen molar-refractivity contribution in [1.82, 2.24) is 13.9 Å². The van der Waals surface area contributed by atoms with E-state index >= 15 is 0 Å². The maximum absolute atomic E-state index is 13.0. The number of fused-ring (bicyclic) bond motifs is 1. The van der Waals surface area contributed by atoms with Crippen LogP contribution in [-0.4, -0.2) is 54.5 Å². The number of imidazole rings is 1. The fraction of sp³-hybridized carbons (Fsp3) is 0.417. The van der Waals surface area contributed by atoms with Gasteiger partial charge >= 0.3 is 5.97 Å². The van der Waals surface area contributed by atoms with Gasteiger partial charge in [-0.1, -0.05) is 13.0 Å². The first-order valence-corrected chi connectivity index (χ1v) is 12.6. The molecule has 1 aliphatic heterocycles. The molecule has 0 N–H and O–H groups in total. The topological polar surface area (TPSA) is 90.7 Å². The Morgan fingerprint density at radius 1 is 1.09 bits per heavy atom. The van der Waals surface area contributed by atoms with Crippen LogP contribution in [0.3, 0.4) is 0 Å². The molecule has 1 fully saturated rings. The Balaban J connectivity index is 1.60. The van der Waals surface area contributed by atoms with Crippen LogP contribution in [0.2, 0.25) is 0 Å². The molecular formula is C24H29N3O5S. The Labute approximate surface area is 194 Å². The van der Waals surface area contributed by atoms with E-state index in [2.05, 4.69) is 4.98 Å². The second kappa shape index (κ2) is 9.62. The van der Waals surface area contributed by atoms with E-state index < -0.39 is 16.0 Å². The number of aryl methyl sites for hydroxylation is 3. The summed E-state index contributed by atoms with van der Waals surface area (Å²) < 4.78 is 40.3. The molecule has 0 amide bonds. The van der Waals surface area contributed by atoms with Gasteiger partial charge in [-0.25, -0.2) is 18.2 Å². The summed E-state index contributed by atoms with van der Waals surface area (Å²) in [7, 11) is -3.62. The summed E-state index contributed by atoms with van der Waals surface area (Å²) in [5, 5.41) is 0. The van der Waals surface area contributed by atoms with Crippen LogP contribution in [0.4, 0.5) is 0 Å². The quantitative estimate of drug-likeness (QED) is 0.490. The average molecular weight is 472 g/mol. The minimum Gasteiger partial charge on any atom is -0.454 e. The highest BCUT2D eigenvalue weighted by atomic mass is 32.2. The van der Waals surface area contributed by atoms with Crippen LogP contribution in [0.25, 0.3) is 11.0 Å². The molecule has 0 aliphatic carbocycles. The lowest BCUT2D eigenvalue weighted by molar-refractivity contribution is 0.0458. The van der Waals surface area contributed by atoms with Gasteiger partial charge < -0.3 is 14.0 Å². The number of sulfonamides is 1. The van der Waals surface area contributed by atoms with E-state index in [1.165, 1.54) is 4.31 Å². The zero-order valence-corrected chi connectivity index (χ0v) is 20.0. The number of hydrogen-bond acceptors (Lipinski definition) is 6. The van der Waals surface area contributed by atoms with E-state index in [0.29, 0.717) is 49.8 Å². The molecule has 0 unspecified atom stereocenters. The van der Waals surface area contributed by atoms with Crippen molar-refractivity contribution in [3.63, 3.8) is 0 Å². The molecule has 2 aromatic carbocycles. The van der Waals surface area contributed by atoms with Crippen LogP contribution in [0.5, 0.6) is 0 Å². The van der Waals surface area contributed by atoms with Crippen LogP contribution in [0, 0.1) is 13.8 Å². The van der Waals surface area contributed by atoms with E-state index in [-0.39, 0.29) is 11.5 Å². The molecule has 1 aliphatic rings. The molecule has 8 nitrogen and oxygen atoms in total. The number of carbonyl (C=O) groups excluding carboxylic acids is 1. The Morgan fingerprint density at radius 3 is 2.55 bits per heavy atom. The van der Waals surface area contributed by atoms with Crippen molar-refractivity contribution in [2.24, 2.45) is 0 Å². The lowest BCUT2D eigenvalue weighted by Gasteiger charge is -2.26. The highest BCUT2D eigenvalue weighted by Gasteiger charge is 2.27. The summed E-state index contributed by atoms with van der Waals surface area (Å²) in [4.78, 5) is 17.4. The molecule has 0 radical (unpaired) electrons. The van der Waals surface area contributed by atoms with Gasteiger partial charge in [0.25, 0.3) is 0 Å². The molecular weight excluding hydrogens is 442 g/mol. The van der Waals surface area contributed by atoms with Crippen molar-refractivity contribution in [3.05, 3.63) is 58.9 Å². The molecule has 33 heavy (non-hydrogen) atoms. The standard InChI is InChI=1S/C24H29N3O5S/c1-4-9-27-22-8-7-20(33(29,30)26-10-12-31-13-11-26)15-21(22)25-23(27)16-32-24(28)19-6-5-17(2)18(3)14-19/h5-8,14-15H,4,9-13,16H2,1-3H3. The highest BCUT2D eigenvalue weighted by molar-refractivity contribution is 7.89. The number of rotatable bonds is 7. The number of aromatic nitrogens is 2.